The first kappa shape index (κ1) is 13.0. The number of hydrogen-bond acceptors (Lipinski definition) is 4. The summed E-state index contributed by atoms with van der Waals surface area (Å²) in [6.07, 6.45) is 1.39. The van der Waals surface area contributed by atoms with E-state index in [-0.39, 0.29) is 15.2 Å². The molecule has 94 valence electrons. The van der Waals surface area contributed by atoms with Gasteiger partial charge in [0, 0.05) is 6.07 Å². The lowest BCUT2D eigenvalue weighted by Gasteiger charge is -2.06. The summed E-state index contributed by atoms with van der Waals surface area (Å²) < 4.78 is 6.68. The molecule has 0 fully saturated rings. The molecule has 0 bridgehead atoms. The number of aromatic nitrogens is 3. The predicted octanol–water partition coefficient (Wildman–Crippen LogP) is 2.11. The van der Waals surface area contributed by atoms with Crippen LogP contribution in [0.1, 0.15) is 5.69 Å². The Balaban J connectivity index is 2.34. The number of nitrogens with zero attached hydrogens (tertiary/aromatic N) is 3. The van der Waals surface area contributed by atoms with E-state index in [1.54, 1.807) is 19.2 Å². The van der Waals surface area contributed by atoms with Crippen LogP contribution >= 0.6 is 27.5 Å². The van der Waals surface area contributed by atoms with Gasteiger partial charge in [-0.2, -0.15) is 0 Å². The molecule has 0 saturated carbocycles. The van der Waals surface area contributed by atoms with Crippen molar-refractivity contribution < 1.29 is 4.74 Å². The van der Waals surface area contributed by atoms with Gasteiger partial charge in [0.25, 0.3) is 5.56 Å². The van der Waals surface area contributed by atoms with Crippen molar-refractivity contribution in [3.63, 3.8) is 0 Å². The highest BCUT2D eigenvalue weighted by molar-refractivity contribution is 9.10. The summed E-state index contributed by atoms with van der Waals surface area (Å²) in [4.78, 5) is 20.0. The molecule has 0 aliphatic carbocycles. The average molecular weight is 331 g/mol. The SMILES string of the molecule is COc1cccc(Cn2cnc(Cl)c(Br)c2=O)n1. The average Bonchev–Trinajstić information content (AvgIpc) is 2.40. The summed E-state index contributed by atoms with van der Waals surface area (Å²) in [5.41, 5.74) is 0.451. The highest BCUT2D eigenvalue weighted by Crippen LogP contribution is 2.14. The molecule has 0 unspecified atom stereocenters. The van der Waals surface area contributed by atoms with Crippen LogP contribution in [-0.4, -0.2) is 21.6 Å². The Bertz CT molecular complexity index is 630. The van der Waals surface area contributed by atoms with Crippen LogP contribution in [0.3, 0.4) is 0 Å². The van der Waals surface area contributed by atoms with Gasteiger partial charge in [-0.25, -0.2) is 9.97 Å². The first-order chi connectivity index (χ1) is 8.61. The van der Waals surface area contributed by atoms with Crippen molar-refractivity contribution in [3.8, 4) is 5.88 Å². The van der Waals surface area contributed by atoms with Crippen molar-refractivity contribution in [2.24, 2.45) is 0 Å². The van der Waals surface area contributed by atoms with Gasteiger partial charge in [-0.05, 0) is 22.0 Å². The molecule has 2 aromatic rings. The molecule has 0 aliphatic heterocycles. The summed E-state index contributed by atoms with van der Waals surface area (Å²) >= 11 is 8.83. The van der Waals surface area contributed by atoms with Crippen LogP contribution in [0.2, 0.25) is 5.15 Å². The van der Waals surface area contributed by atoms with E-state index >= 15 is 0 Å². The van der Waals surface area contributed by atoms with E-state index in [1.165, 1.54) is 10.9 Å². The second-order valence-corrected chi connectivity index (χ2v) is 4.60. The van der Waals surface area contributed by atoms with Crippen molar-refractivity contribution in [1.82, 2.24) is 14.5 Å². The zero-order chi connectivity index (χ0) is 13.1. The summed E-state index contributed by atoms with van der Waals surface area (Å²) in [5.74, 6) is 0.501. The predicted molar refractivity (Wildman–Crippen MR) is 71.1 cm³/mol. The highest BCUT2D eigenvalue weighted by Gasteiger charge is 2.08. The summed E-state index contributed by atoms with van der Waals surface area (Å²) in [7, 11) is 1.54. The smallest absolute Gasteiger partial charge is 0.269 e. The van der Waals surface area contributed by atoms with Gasteiger partial charge < -0.3 is 4.74 Å². The number of ether oxygens (including phenoxy) is 1. The van der Waals surface area contributed by atoms with Crippen LogP contribution in [0.25, 0.3) is 0 Å². The molecule has 2 rings (SSSR count). The Morgan fingerprint density at radius 3 is 3.00 bits per heavy atom. The van der Waals surface area contributed by atoms with Crippen molar-refractivity contribution in [3.05, 3.63) is 50.2 Å². The molecule has 0 N–H and O–H groups in total. The Labute approximate surface area is 117 Å². The molecule has 5 nitrogen and oxygen atoms in total. The third-order valence-corrected chi connectivity index (χ3v) is 3.49. The van der Waals surface area contributed by atoms with Gasteiger partial charge >= 0.3 is 0 Å². The monoisotopic (exact) mass is 329 g/mol. The molecule has 18 heavy (non-hydrogen) atoms. The number of halogens is 2. The first-order valence-electron chi connectivity index (χ1n) is 5.02. The van der Waals surface area contributed by atoms with E-state index in [4.69, 9.17) is 16.3 Å². The maximum Gasteiger partial charge on any atom is 0.269 e. The Morgan fingerprint density at radius 2 is 2.28 bits per heavy atom. The third kappa shape index (κ3) is 2.70. The number of rotatable bonds is 3. The minimum atomic E-state index is -0.250. The maximum atomic E-state index is 11.9. The van der Waals surface area contributed by atoms with Gasteiger partial charge in [0.15, 0.2) is 5.15 Å². The summed E-state index contributed by atoms with van der Waals surface area (Å²) in [6.45, 7) is 0.304. The lowest BCUT2D eigenvalue weighted by Crippen LogP contribution is -2.22. The third-order valence-electron chi connectivity index (χ3n) is 2.26. The molecule has 2 aromatic heterocycles. The van der Waals surface area contributed by atoms with Gasteiger partial charge in [-0.1, -0.05) is 17.7 Å². The minimum Gasteiger partial charge on any atom is -0.481 e. The number of methoxy groups -OCH3 is 1. The molecular weight excluding hydrogens is 321 g/mol. The normalized spacial score (nSPS) is 10.4. The molecule has 7 heteroatoms. The molecule has 0 aromatic carbocycles. The molecule has 0 amide bonds. The Hall–Kier alpha value is -1.40. The number of hydrogen-bond donors (Lipinski definition) is 0. The standard InChI is InChI=1S/C11H9BrClN3O2/c1-18-8-4-2-3-7(15-8)5-16-6-14-10(13)9(12)11(16)17/h2-4,6H,5H2,1H3. The molecule has 0 saturated heterocycles. The fraction of sp³-hybridized carbons (Fsp3) is 0.182. The molecule has 0 atom stereocenters. The van der Waals surface area contributed by atoms with E-state index in [9.17, 15) is 4.79 Å². The Morgan fingerprint density at radius 1 is 1.50 bits per heavy atom. The molecular formula is C11H9BrClN3O2. The van der Waals surface area contributed by atoms with E-state index < -0.39 is 0 Å². The van der Waals surface area contributed by atoms with Gasteiger partial charge in [-0.15, -0.1) is 0 Å². The molecule has 0 radical (unpaired) electrons. The maximum absolute atomic E-state index is 11.9. The fourth-order valence-electron chi connectivity index (χ4n) is 1.39. The van der Waals surface area contributed by atoms with Crippen LogP contribution < -0.4 is 10.3 Å². The van der Waals surface area contributed by atoms with E-state index in [0.29, 0.717) is 18.1 Å². The van der Waals surface area contributed by atoms with E-state index in [2.05, 4.69) is 25.9 Å². The van der Waals surface area contributed by atoms with E-state index in [1.807, 2.05) is 6.07 Å². The van der Waals surface area contributed by atoms with Crippen LogP contribution in [0, 0.1) is 0 Å². The summed E-state index contributed by atoms with van der Waals surface area (Å²) in [5, 5.41) is 0.148. The van der Waals surface area contributed by atoms with Crippen LogP contribution in [-0.2, 0) is 6.54 Å². The largest absolute Gasteiger partial charge is 0.481 e. The lowest BCUT2D eigenvalue weighted by atomic mass is 10.3. The first-order valence-corrected chi connectivity index (χ1v) is 6.19. The quantitative estimate of drug-likeness (QED) is 0.809. The van der Waals surface area contributed by atoms with Crippen molar-refractivity contribution >= 4 is 27.5 Å². The lowest BCUT2D eigenvalue weighted by molar-refractivity contribution is 0.395. The van der Waals surface area contributed by atoms with Crippen molar-refractivity contribution in [1.29, 1.82) is 0 Å². The fourth-order valence-corrected chi connectivity index (χ4v) is 1.84. The van der Waals surface area contributed by atoms with E-state index in [0.717, 1.165) is 0 Å². The van der Waals surface area contributed by atoms with Crippen LogP contribution in [0.15, 0.2) is 33.8 Å². The Kier molecular flexibility index (Phi) is 3.98. The molecule has 0 aliphatic rings. The number of pyridine rings is 1. The topological polar surface area (TPSA) is 57.0 Å². The van der Waals surface area contributed by atoms with Crippen molar-refractivity contribution in [2.45, 2.75) is 6.54 Å². The second-order valence-electron chi connectivity index (χ2n) is 3.45. The van der Waals surface area contributed by atoms with Crippen LogP contribution in [0.4, 0.5) is 0 Å². The zero-order valence-corrected chi connectivity index (χ0v) is 11.8. The molecule has 2 heterocycles. The zero-order valence-electron chi connectivity index (χ0n) is 9.43. The van der Waals surface area contributed by atoms with Gasteiger partial charge in [-0.3, -0.25) is 9.36 Å². The summed E-state index contributed by atoms with van der Waals surface area (Å²) in [6, 6.07) is 5.35. The van der Waals surface area contributed by atoms with Gasteiger partial charge in [0.05, 0.1) is 25.7 Å². The van der Waals surface area contributed by atoms with Crippen LogP contribution in [0.5, 0.6) is 5.88 Å². The highest BCUT2D eigenvalue weighted by atomic mass is 79.9. The minimum absolute atomic E-state index is 0.148. The van der Waals surface area contributed by atoms with Crippen molar-refractivity contribution in [2.75, 3.05) is 7.11 Å². The van der Waals surface area contributed by atoms with Gasteiger partial charge in [0.1, 0.15) is 4.47 Å². The molecule has 0 spiro atoms. The second kappa shape index (κ2) is 5.49. The van der Waals surface area contributed by atoms with Gasteiger partial charge in [0.2, 0.25) is 5.88 Å².